The summed E-state index contributed by atoms with van der Waals surface area (Å²) in [6.45, 7) is 2.02. The van der Waals surface area contributed by atoms with Crippen LogP contribution in [0.25, 0.3) is 60.5 Å². The Labute approximate surface area is 167 Å². The van der Waals surface area contributed by atoms with Gasteiger partial charge in [-0.3, -0.25) is 0 Å². The molecular weight excluding hydrogens is 352 g/mol. The zero-order valence-corrected chi connectivity index (χ0v) is 16.0. The van der Waals surface area contributed by atoms with Gasteiger partial charge in [0, 0.05) is 49.1 Å². The van der Waals surface area contributed by atoms with E-state index in [1.165, 1.54) is 37.8 Å². The normalized spacial score (nSPS) is 12.1. The summed E-state index contributed by atoms with van der Waals surface area (Å²) in [5.41, 5.74) is 6.54. The third kappa shape index (κ3) is 2.13. The summed E-state index contributed by atoms with van der Waals surface area (Å²) >= 11 is 0. The SMILES string of the molecule is C#Cc1ccc2c([nH]c3cc4c(cc32)[nH]c2c3ccccc3ccc42)c1/C=C\C. The quantitative estimate of drug-likeness (QED) is 0.289. The predicted octanol–water partition coefficient (Wildman–Crippen LogP) is 7.12. The molecule has 0 bridgehead atoms. The van der Waals surface area contributed by atoms with Crippen molar-refractivity contribution in [2.45, 2.75) is 6.92 Å². The van der Waals surface area contributed by atoms with Crippen molar-refractivity contribution in [3.05, 3.63) is 77.9 Å². The predicted molar refractivity (Wildman–Crippen MR) is 125 cm³/mol. The molecule has 0 spiro atoms. The molecule has 0 aliphatic rings. The van der Waals surface area contributed by atoms with Crippen molar-refractivity contribution in [1.29, 1.82) is 0 Å². The van der Waals surface area contributed by atoms with Gasteiger partial charge in [-0.15, -0.1) is 6.42 Å². The Kier molecular flexibility index (Phi) is 3.19. The number of terminal acetylenes is 1. The molecule has 0 aliphatic carbocycles. The van der Waals surface area contributed by atoms with Crippen LogP contribution in [0, 0.1) is 12.3 Å². The van der Waals surface area contributed by atoms with E-state index in [0.29, 0.717) is 0 Å². The van der Waals surface area contributed by atoms with E-state index in [4.69, 9.17) is 6.42 Å². The Morgan fingerprint density at radius 3 is 2.21 bits per heavy atom. The van der Waals surface area contributed by atoms with Gasteiger partial charge in [0.1, 0.15) is 0 Å². The molecule has 0 saturated heterocycles. The van der Waals surface area contributed by atoms with Crippen molar-refractivity contribution in [1.82, 2.24) is 9.97 Å². The number of rotatable bonds is 1. The summed E-state index contributed by atoms with van der Waals surface area (Å²) in [6.07, 6.45) is 9.85. The maximum Gasteiger partial charge on any atom is 0.0551 e. The average Bonchev–Trinajstić information content (AvgIpc) is 3.30. The van der Waals surface area contributed by atoms with Gasteiger partial charge in [0.05, 0.1) is 11.0 Å². The summed E-state index contributed by atoms with van der Waals surface area (Å²) in [5.74, 6) is 2.81. The standard InChI is InChI=1S/C27H18N2/c1-3-7-18-16(4-2)10-12-20-22-14-25-23(15-24(22)28-26(18)20)21-13-11-17-8-5-6-9-19(17)27(21)29-25/h2-3,5-15,28-29H,1H3/b7-3-. The molecule has 0 saturated carbocycles. The van der Waals surface area contributed by atoms with Crippen molar-refractivity contribution in [2.24, 2.45) is 0 Å². The van der Waals surface area contributed by atoms with Crippen LogP contribution in [-0.2, 0) is 0 Å². The number of benzene rings is 4. The molecule has 0 radical (unpaired) electrons. The first kappa shape index (κ1) is 16.0. The number of H-pyrrole nitrogens is 2. The molecule has 136 valence electrons. The molecule has 0 atom stereocenters. The van der Waals surface area contributed by atoms with Crippen molar-refractivity contribution < 1.29 is 0 Å². The van der Waals surface area contributed by atoms with Crippen LogP contribution < -0.4 is 0 Å². The van der Waals surface area contributed by atoms with E-state index in [-0.39, 0.29) is 0 Å². The monoisotopic (exact) mass is 370 g/mol. The first-order chi connectivity index (χ1) is 14.3. The fraction of sp³-hybridized carbons (Fsp3) is 0.0370. The van der Waals surface area contributed by atoms with E-state index in [2.05, 4.69) is 76.6 Å². The highest BCUT2D eigenvalue weighted by molar-refractivity contribution is 6.21. The Hall–Kier alpha value is -3.96. The van der Waals surface area contributed by atoms with Crippen LogP contribution in [0.15, 0.2) is 66.7 Å². The zero-order valence-electron chi connectivity index (χ0n) is 16.0. The van der Waals surface area contributed by atoms with Gasteiger partial charge >= 0.3 is 0 Å². The lowest BCUT2D eigenvalue weighted by Crippen LogP contribution is -1.84. The largest absolute Gasteiger partial charge is 0.354 e. The van der Waals surface area contributed by atoms with Gasteiger partial charge in [-0.05, 0) is 30.5 Å². The summed E-state index contributed by atoms with van der Waals surface area (Å²) in [6, 6.07) is 21.6. The van der Waals surface area contributed by atoms with E-state index in [1.807, 2.05) is 19.1 Å². The second-order valence-electron chi connectivity index (χ2n) is 7.50. The number of fused-ring (bicyclic) bond motifs is 8. The molecule has 6 aromatic rings. The second kappa shape index (κ2) is 5.77. The Morgan fingerprint density at radius 2 is 1.45 bits per heavy atom. The topological polar surface area (TPSA) is 31.6 Å². The average molecular weight is 370 g/mol. The minimum absolute atomic E-state index is 0.907. The van der Waals surface area contributed by atoms with Crippen LogP contribution in [0.4, 0.5) is 0 Å². The fourth-order valence-corrected chi connectivity index (χ4v) is 4.60. The summed E-state index contributed by atoms with van der Waals surface area (Å²) in [7, 11) is 0. The van der Waals surface area contributed by atoms with E-state index in [1.54, 1.807) is 0 Å². The zero-order chi connectivity index (χ0) is 19.5. The van der Waals surface area contributed by atoms with Gasteiger partial charge in [0.25, 0.3) is 0 Å². The van der Waals surface area contributed by atoms with Crippen molar-refractivity contribution >= 4 is 60.5 Å². The Morgan fingerprint density at radius 1 is 0.759 bits per heavy atom. The molecule has 2 nitrogen and oxygen atoms in total. The first-order valence-electron chi connectivity index (χ1n) is 9.79. The van der Waals surface area contributed by atoms with Crippen LogP contribution in [0.5, 0.6) is 0 Å². The first-order valence-corrected chi connectivity index (χ1v) is 9.79. The molecular formula is C27H18N2. The third-order valence-corrected chi connectivity index (χ3v) is 5.92. The molecule has 2 heterocycles. The molecule has 29 heavy (non-hydrogen) atoms. The smallest absolute Gasteiger partial charge is 0.0551 e. The van der Waals surface area contributed by atoms with Crippen LogP contribution in [0.3, 0.4) is 0 Å². The lowest BCUT2D eigenvalue weighted by molar-refractivity contribution is 1.52. The molecule has 0 amide bonds. The van der Waals surface area contributed by atoms with E-state index >= 15 is 0 Å². The van der Waals surface area contributed by atoms with E-state index < -0.39 is 0 Å². The highest BCUT2D eigenvalue weighted by Crippen LogP contribution is 2.37. The van der Waals surface area contributed by atoms with Crippen molar-refractivity contribution in [3.63, 3.8) is 0 Å². The Balaban J connectivity index is 1.75. The number of hydrogen-bond acceptors (Lipinski definition) is 0. The third-order valence-electron chi connectivity index (χ3n) is 5.92. The summed E-state index contributed by atoms with van der Waals surface area (Å²) < 4.78 is 0. The van der Waals surface area contributed by atoms with Gasteiger partial charge in [0.15, 0.2) is 0 Å². The minimum atomic E-state index is 0.907. The highest BCUT2D eigenvalue weighted by atomic mass is 14.7. The Bertz CT molecular complexity index is 1670. The number of aromatic nitrogens is 2. The number of hydrogen-bond donors (Lipinski definition) is 2. The maximum atomic E-state index is 5.74. The molecule has 0 unspecified atom stereocenters. The molecule has 2 N–H and O–H groups in total. The molecule has 0 aliphatic heterocycles. The minimum Gasteiger partial charge on any atom is -0.354 e. The lowest BCUT2D eigenvalue weighted by atomic mass is 10.0. The van der Waals surface area contributed by atoms with Crippen LogP contribution >= 0.6 is 0 Å². The van der Waals surface area contributed by atoms with Gasteiger partial charge in [0.2, 0.25) is 0 Å². The molecule has 2 aromatic heterocycles. The van der Waals surface area contributed by atoms with Crippen LogP contribution in [0.2, 0.25) is 0 Å². The maximum absolute atomic E-state index is 5.74. The van der Waals surface area contributed by atoms with Crippen molar-refractivity contribution in [3.8, 4) is 12.3 Å². The second-order valence-corrected chi connectivity index (χ2v) is 7.50. The highest BCUT2D eigenvalue weighted by Gasteiger charge is 2.14. The van der Waals surface area contributed by atoms with Crippen LogP contribution in [0.1, 0.15) is 18.1 Å². The lowest BCUT2D eigenvalue weighted by Gasteiger charge is -2.01. The van der Waals surface area contributed by atoms with Gasteiger partial charge in [-0.1, -0.05) is 60.5 Å². The van der Waals surface area contributed by atoms with Crippen molar-refractivity contribution in [2.75, 3.05) is 0 Å². The molecule has 4 aromatic carbocycles. The van der Waals surface area contributed by atoms with Crippen LogP contribution in [-0.4, -0.2) is 9.97 Å². The summed E-state index contributed by atoms with van der Waals surface area (Å²) in [4.78, 5) is 7.30. The number of nitrogens with one attached hydrogen (secondary N) is 2. The van der Waals surface area contributed by atoms with Gasteiger partial charge in [-0.2, -0.15) is 0 Å². The van der Waals surface area contributed by atoms with Gasteiger partial charge in [-0.25, -0.2) is 0 Å². The van der Waals surface area contributed by atoms with E-state index in [0.717, 1.165) is 27.7 Å². The molecule has 2 heteroatoms. The summed E-state index contributed by atoms with van der Waals surface area (Å²) in [5, 5.41) is 7.38. The number of allylic oxidation sites excluding steroid dienone is 1. The molecule has 6 rings (SSSR count). The van der Waals surface area contributed by atoms with Gasteiger partial charge < -0.3 is 9.97 Å². The number of aromatic amines is 2. The molecule has 0 fully saturated rings. The van der Waals surface area contributed by atoms with E-state index in [9.17, 15) is 0 Å². The fourth-order valence-electron chi connectivity index (χ4n) is 4.60.